The maximum absolute atomic E-state index is 12.7. The van der Waals surface area contributed by atoms with Gasteiger partial charge in [0.2, 0.25) is 11.8 Å². The molecule has 2 aromatic carbocycles. The Morgan fingerprint density at radius 3 is 2.42 bits per heavy atom. The first-order chi connectivity index (χ1) is 12.5. The van der Waals surface area contributed by atoms with Crippen LogP contribution in [0, 0.1) is 5.92 Å². The summed E-state index contributed by atoms with van der Waals surface area (Å²) in [5, 5.41) is 6.22. The van der Waals surface area contributed by atoms with Crippen LogP contribution >= 0.6 is 11.3 Å². The van der Waals surface area contributed by atoms with E-state index in [1.165, 1.54) is 11.3 Å². The van der Waals surface area contributed by atoms with Crippen molar-refractivity contribution in [1.29, 1.82) is 0 Å². The molecule has 1 heterocycles. The molecule has 0 aliphatic heterocycles. The molecule has 1 aromatic heterocycles. The first kappa shape index (κ1) is 18.1. The number of benzene rings is 2. The Kier molecular flexibility index (Phi) is 5.63. The van der Waals surface area contributed by atoms with Crippen molar-refractivity contribution in [1.82, 2.24) is 10.3 Å². The Labute approximate surface area is 156 Å². The summed E-state index contributed by atoms with van der Waals surface area (Å²) in [4.78, 5) is 29.4. The third-order valence-electron chi connectivity index (χ3n) is 4.00. The van der Waals surface area contributed by atoms with Gasteiger partial charge in [-0.3, -0.25) is 9.59 Å². The van der Waals surface area contributed by atoms with Crippen molar-refractivity contribution in [2.45, 2.75) is 26.3 Å². The minimum Gasteiger partial charge on any atom is -0.344 e. The highest BCUT2D eigenvalue weighted by atomic mass is 32.1. The van der Waals surface area contributed by atoms with Crippen molar-refractivity contribution >= 4 is 38.5 Å². The average Bonchev–Trinajstić information content (AvgIpc) is 3.02. The molecule has 6 heteroatoms. The van der Waals surface area contributed by atoms with Crippen LogP contribution < -0.4 is 10.6 Å². The van der Waals surface area contributed by atoms with Crippen LogP contribution in [0.4, 0.5) is 5.13 Å². The Balaban J connectivity index is 1.66. The molecule has 1 atom stereocenters. The summed E-state index contributed by atoms with van der Waals surface area (Å²) in [6.07, 6.45) is 0.248. The zero-order chi connectivity index (χ0) is 18.5. The van der Waals surface area contributed by atoms with Gasteiger partial charge in [-0.15, -0.1) is 0 Å². The third kappa shape index (κ3) is 4.46. The Bertz CT molecular complexity index is 873. The SMILES string of the molecule is CC(C)[C@@H](NC(=O)Cc1ccccc1)C(=O)Nc1nc2ccccc2s1. The van der Waals surface area contributed by atoms with E-state index >= 15 is 0 Å². The molecule has 0 saturated heterocycles. The number of para-hydroxylation sites is 1. The monoisotopic (exact) mass is 367 g/mol. The van der Waals surface area contributed by atoms with Crippen LogP contribution in [0.2, 0.25) is 0 Å². The molecule has 3 rings (SSSR count). The number of nitrogens with zero attached hydrogens (tertiary/aromatic N) is 1. The van der Waals surface area contributed by atoms with E-state index in [9.17, 15) is 9.59 Å². The molecule has 2 N–H and O–H groups in total. The molecule has 26 heavy (non-hydrogen) atoms. The maximum Gasteiger partial charge on any atom is 0.248 e. The highest BCUT2D eigenvalue weighted by Crippen LogP contribution is 2.25. The molecule has 5 nitrogen and oxygen atoms in total. The van der Waals surface area contributed by atoms with Crippen LogP contribution in [0.15, 0.2) is 54.6 Å². The van der Waals surface area contributed by atoms with Gasteiger partial charge in [0.1, 0.15) is 6.04 Å². The smallest absolute Gasteiger partial charge is 0.248 e. The van der Waals surface area contributed by atoms with Gasteiger partial charge in [-0.1, -0.05) is 67.6 Å². The fourth-order valence-corrected chi connectivity index (χ4v) is 3.52. The lowest BCUT2D eigenvalue weighted by Crippen LogP contribution is -2.47. The number of hydrogen-bond acceptors (Lipinski definition) is 4. The van der Waals surface area contributed by atoms with Crippen LogP contribution in [0.25, 0.3) is 10.2 Å². The zero-order valence-electron chi connectivity index (χ0n) is 14.7. The molecule has 0 radical (unpaired) electrons. The molecule has 0 aliphatic carbocycles. The van der Waals surface area contributed by atoms with Gasteiger partial charge in [0.05, 0.1) is 16.6 Å². The fourth-order valence-electron chi connectivity index (χ4n) is 2.65. The predicted octanol–water partition coefficient (Wildman–Crippen LogP) is 3.62. The quantitative estimate of drug-likeness (QED) is 0.699. The molecule has 3 aromatic rings. The summed E-state index contributed by atoms with van der Waals surface area (Å²) in [6.45, 7) is 3.82. The maximum atomic E-state index is 12.7. The Hall–Kier alpha value is -2.73. The van der Waals surface area contributed by atoms with Crippen molar-refractivity contribution in [2.24, 2.45) is 5.92 Å². The van der Waals surface area contributed by atoms with E-state index in [0.29, 0.717) is 5.13 Å². The van der Waals surface area contributed by atoms with Crippen molar-refractivity contribution in [2.75, 3.05) is 5.32 Å². The Morgan fingerprint density at radius 1 is 1.04 bits per heavy atom. The highest BCUT2D eigenvalue weighted by Gasteiger charge is 2.25. The zero-order valence-corrected chi connectivity index (χ0v) is 15.5. The average molecular weight is 367 g/mol. The van der Waals surface area contributed by atoms with Gasteiger partial charge in [0.25, 0.3) is 0 Å². The van der Waals surface area contributed by atoms with Crippen molar-refractivity contribution in [3.63, 3.8) is 0 Å². The first-order valence-corrected chi connectivity index (χ1v) is 9.34. The number of amides is 2. The summed E-state index contributed by atoms with van der Waals surface area (Å²) in [7, 11) is 0. The van der Waals surface area contributed by atoms with Crippen molar-refractivity contribution in [3.8, 4) is 0 Å². The van der Waals surface area contributed by atoms with Crippen LogP contribution in [0.1, 0.15) is 19.4 Å². The number of fused-ring (bicyclic) bond motifs is 1. The van der Waals surface area contributed by atoms with Gasteiger partial charge in [-0.05, 0) is 23.6 Å². The van der Waals surface area contributed by atoms with Gasteiger partial charge in [0.15, 0.2) is 5.13 Å². The van der Waals surface area contributed by atoms with E-state index in [4.69, 9.17) is 0 Å². The number of hydrogen-bond donors (Lipinski definition) is 2. The number of anilines is 1. The number of carbonyl (C=O) groups excluding carboxylic acids is 2. The van der Waals surface area contributed by atoms with Crippen molar-refractivity contribution in [3.05, 3.63) is 60.2 Å². The lowest BCUT2D eigenvalue weighted by Gasteiger charge is -2.21. The fraction of sp³-hybridized carbons (Fsp3) is 0.250. The van der Waals surface area contributed by atoms with Gasteiger partial charge >= 0.3 is 0 Å². The molecule has 0 unspecified atom stereocenters. The number of rotatable bonds is 6. The molecule has 0 bridgehead atoms. The van der Waals surface area contributed by atoms with Crippen LogP contribution in [-0.2, 0) is 16.0 Å². The van der Waals surface area contributed by atoms with Gasteiger partial charge < -0.3 is 10.6 Å². The Morgan fingerprint density at radius 2 is 1.73 bits per heavy atom. The van der Waals surface area contributed by atoms with Crippen LogP contribution in [0.5, 0.6) is 0 Å². The van der Waals surface area contributed by atoms with E-state index in [2.05, 4.69) is 15.6 Å². The number of nitrogens with one attached hydrogen (secondary N) is 2. The van der Waals surface area contributed by atoms with Crippen LogP contribution in [0.3, 0.4) is 0 Å². The molecule has 0 aliphatic rings. The van der Waals surface area contributed by atoms with E-state index in [-0.39, 0.29) is 24.2 Å². The standard InChI is InChI=1S/C20H21N3O2S/c1-13(2)18(22-17(24)12-14-8-4-3-5-9-14)19(25)23-20-21-15-10-6-7-11-16(15)26-20/h3-11,13,18H,12H2,1-2H3,(H,22,24)(H,21,23,25)/t18-/m1/s1. The highest BCUT2D eigenvalue weighted by molar-refractivity contribution is 7.22. The summed E-state index contributed by atoms with van der Waals surface area (Å²) in [5.74, 6) is -0.459. The lowest BCUT2D eigenvalue weighted by molar-refractivity contribution is -0.127. The summed E-state index contributed by atoms with van der Waals surface area (Å²) >= 11 is 1.42. The first-order valence-electron chi connectivity index (χ1n) is 8.52. The second-order valence-electron chi connectivity index (χ2n) is 6.43. The summed E-state index contributed by atoms with van der Waals surface area (Å²) in [5.41, 5.74) is 1.76. The molecule has 0 spiro atoms. The molecule has 0 fully saturated rings. The second kappa shape index (κ2) is 8.10. The summed E-state index contributed by atoms with van der Waals surface area (Å²) < 4.78 is 1.01. The number of aromatic nitrogens is 1. The largest absolute Gasteiger partial charge is 0.344 e. The second-order valence-corrected chi connectivity index (χ2v) is 7.46. The normalized spacial score (nSPS) is 12.1. The molecule has 2 amide bonds. The van der Waals surface area contributed by atoms with E-state index in [1.54, 1.807) is 0 Å². The number of carbonyl (C=O) groups is 2. The lowest BCUT2D eigenvalue weighted by atomic mass is 10.0. The summed E-state index contributed by atoms with van der Waals surface area (Å²) in [6, 6.07) is 16.6. The third-order valence-corrected chi connectivity index (χ3v) is 4.95. The molecule has 134 valence electrons. The van der Waals surface area contributed by atoms with Gasteiger partial charge in [-0.25, -0.2) is 4.98 Å². The minimum atomic E-state index is -0.613. The van der Waals surface area contributed by atoms with E-state index in [1.807, 2.05) is 68.4 Å². The predicted molar refractivity (Wildman–Crippen MR) is 105 cm³/mol. The van der Waals surface area contributed by atoms with E-state index in [0.717, 1.165) is 15.8 Å². The molecular weight excluding hydrogens is 346 g/mol. The number of thiazole rings is 1. The minimum absolute atomic E-state index is 0.0379. The molecule has 0 saturated carbocycles. The molecular formula is C20H21N3O2S. The van der Waals surface area contributed by atoms with Crippen molar-refractivity contribution < 1.29 is 9.59 Å². The topological polar surface area (TPSA) is 71.1 Å². The van der Waals surface area contributed by atoms with Gasteiger partial charge in [-0.2, -0.15) is 0 Å². The van der Waals surface area contributed by atoms with Gasteiger partial charge in [0, 0.05) is 0 Å². The van der Waals surface area contributed by atoms with Crippen LogP contribution in [-0.4, -0.2) is 22.8 Å². The van der Waals surface area contributed by atoms with E-state index < -0.39 is 6.04 Å².